The van der Waals surface area contributed by atoms with Crippen LogP contribution in [0.4, 0.5) is 5.95 Å². The average Bonchev–Trinajstić information content (AvgIpc) is 2.70. The second-order valence-electron chi connectivity index (χ2n) is 3.42. The molecule has 0 saturated heterocycles. The van der Waals surface area contributed by atoms with Crippen molar-refractivity contribution in [1.29, 1.82) is 0 Å². The van der Waals surface area contributed by atoms with E-state index in [4.69, 9.17) is 9.84 Å². The van der Waals surface area contributed by atoms with Crippen LogP contribution in [0, 0.1) is 0 Å². The molecule has 0 bridgehead atoms. The zero-order valence-electron chi connectivity index (χ0n) is 9.00. The molecule has 6 heteroatoms. The van der Waals surface area contributed by atoms with E-state index in [2.05, 4.69) is 15.4 Å². The van der Waals surface area contributed by atoms with Gasteiger partial charge in [-0.3, -0.25) is 0 Å². The van der Waals surface area contributed by atoms with E-state index in [1.165, 1.54) is 0 Å². The van der Waals surface area contributed by atoms with Crippen LogP contribution in [-0.4, -0.2) is 46.1 Å². The molecule has 0 fully saturated rings. The summed E-state index contributed by atoms with van der Waals surface area (Å²) in [5, 5.41) is 16.3. The standard InChI is InChI=1S/C10H14N4O2/c1-16-7-8(6-15)11-10-12-9-4-2-3-5-14(9)13-10/h2-5,8,15H,6-7H2,1H3,(H,11,13). The maximum atomic E-state index is 9.09. The predicted molar refractivity (Wildman–Crippen MR) is 59.4 cm³/mol. The summed E-state index contributed by atoms with van der Waals surface area (Å²) in [6.07, 6.45) is 1.82. The van der Waals surface area contributed by atoms with Crippen molar-refractivity contribution < 1.29 is 9.84 Å². The van der Waals surface area contributed by atoms with E-state index in [9.17, 15) is 0 Å². The number of hydrogen-bond donors (Lipinski definition) is 2. The van der Waals surface area contributed by atoms with Crippen molar-refractivity contribution in [1.82, 2.24) is 14.6 Å². The number of hydrogen-bond acceptors (Lipinski definition) is 5. The van der Waals surface area contributed by atoms with Gasteiger partial charge in [0.1, 0.15) is 0 Å². The Morgan fingerprint density at radius 2 is 2.44 bits per heavy atom. The lowest BCUT2D eigenvalue weighted by molar-refractivity contribution is 0.153. The van der Waals surface area contributed by atoms with Crippen LogP contribution in [0.25, 0.3) is 5.65 Å². The highest BCUT2D eigenvalue weighted by Gasteiger charge is 2.10. The summed E-state index contributed by atoms with van der Waals surface area (Å²) >= 11 is 0. The third-order valence-corrected chi connectivity index (χ3v) is 2.16. The molecule has 2 N–H and O–H groups in total. The summed E-state index contributed by atoms with van der Waals surface area (Å²) < 4.78 is 6.63. The minimum absolute atomic E-state index is 0.0244. The maximum Gasteiger partial charge on any atom is 0.243 e. The van der Waals surface area contributed by atoms with Gasteiger partial charge in [0, 0.05) is 13.3 Å². The third-order valence-electron chi connectivity index (χ3n) is 2.16. The predicted octanol–water partition coefficient (Wildman–Crippen LogP) is 0.148. The number of aromatic nitrogens is 3. The number of nitrogens with zero attached hydrogens (tertiary/aromatic N) is 3. The monoisotopic (exact) mass is 222 g/mol. The fourth-order valence-corrected chi connectivity index (χ4v) is 1.42. The molecule has 0 spiro atoms. The van der Waals surface area contributed by atoms with Gasteiger partial charge < -0.3 is 15.2 Å². The molecule has 0 aliphatic heterocycles. The van der Waals surface area contributed by atoms with Crippen LogP contribution in [0.2, 0.25) is 0 Å². The van der Waals surface area contributed by atoms with Crippen LogP contribution < -0.4 is 5.32 Å². The SMILES string of the molecule is COCC(CO)Nc1nc2ccccn2n1. The van der Waals surface area contributed by atoms with Crippen molar-refractivity contribution in [2.75, 3.05) is 25.6 Å². The Morgan fingerprint density at radius 1 is 1.56 bits per heavy atom. The van der Waals surface area contributed by atoms with Crippen LogP contribution in [0.3, 0.4) is 0 Å². The first kappa shape index (κ1) is 10.8. The number of ether oxygens (including phenoxy) is 1. The lowest BCUT2D eigenvalue weighted by Crippen LogP contribution is -2.29. The van der Waals surface area contributed by atoms with Crippen molar-refractivity contribution in [3.63, 3.8) is 0 Å². The first-order valence-corrected chi connectivity index (χ1v) is 5.01. The lowest BCUT2D eigenvalue weighted by atomic mass is 10.3. The van der Waals surface area contributed by atoms with Crippen molar-refractivity contribution in [3.8, 4) is 0 Å². The number of anilines is 1. The molecule has 2 aromatic heterocycles. The molecule has 16 heavy (non-hydrogen) atoms. The van der Waals surface area contributed by atoms with Gasteiger partial charge in [-0.05, 0) is 12.1 Å². The van der Waals surface area contributed by atoms with E-state index >= 15 is 0 Å². The Labute approximate surface area is 92.9 Å². The minimum Gasteiger partial charge on any atom is -0.394 e. The van der Waals surface area contributed by atoms with Gasteiger partial charge in [-0.15, -0.1) is 5.10 Å². The summed E-state index contributed by atoms with van der Waals surface area (Å²) in [5.41, 5.74) is 0.763. The molecule has 2 heterocycles. The first-order chi connectivity index (χ1) is 7.83. The van der Waals surface area contributed by atoms with Crippen LogP contribution >= 0.6 is 0 Å². The summed E-state index contributed by atoms with van der Waals surface area (Å²) in [7, 11) is 1.58. The molecule has 1 atom stereocenters. The summed E-state index contributed by atoms with van der Waals surface area (Å²) in [6.45, 7) is 0.384. The zero-order chi connectivity index (χ0) is 11.4. The van der Waals surface area contributed by atoms with Gasteiger partial charge >= 0.3 is 0 Å². The van der Waals surface area contributed by atoms with Gasteiger partial charge in [0.05, 0.1) is 19.3 Å². The van der Waals surface area contributed by atoms with E-state index in [1.54, 1.807) is 11.6 Å². The number of pyridine rings is 1. The maximum absolute atomic E-state index is 9.09. The molecular formula is C10H14N4O2. The van der Waals surface area contributed by atoms with Gasteiger partial charge in [0.25, 0.3) is 0 Å². The molecule has 0 amide bonds. The van der Waals surface area contributed by atoms with Crippen molar-refractivity contribution >= 4 is 11.6 Å². The Morgan fingerprint density at radius 3 is 3.12 bits per heavy atom. The number of nitrogens with one attached hydrogen (secondary N) is 1. The first-order valence-electron chi connectivity index (χ1n) is 5.01. The summed E-state index contributed by atoms with van der Waals surface area (Å²) in [6, 6.07) is 5.45. The van der Waals surface area contributed by atoms with Crippen molar-refractivity contribution in [3.05, 3.63) is 24.4 Å². The molecule has 2 rings (SSSR count). The molecule has 0 aromatic carbocycles. The third kappa shape index (κ3) is 2.29. The Bertz CT molecular complexity index is 424. The number of methoxy groups -OCH3 is 1. The van der Waals surface area contributed by atoms with E-state index in [1.807, 2.05) is 24.4 Å². The van der Waals surface area contributed by atoms with E-state index in [0.29, 0.717) is 12.6 Å². The van der Waals surface area contributed by atoms with Crippen molar-refractivity contribution in [2.24, 2.45) is 0 Å². The Hall–Kier alpha value is -1.66. The number of aliphatic hydroxyl groups is 1. The highest BCUT2D eigenvalue weighted by atomic mass is 16.5. The van der Waals surface area contributed by atoms with Gasteiger partial charge in [0.15, 0.2) is 5.65 Å². The molecule has 6 nitrogen and oxygen atoms in total. The molecular weight excluding hydrogens is 208 g/mol. The smallest absolute Gasteiger partial charge is 0.243 e. The van der Waals surface area contributed by atoms with Crippen LogP contribution in [0.1, 0.15) is 0 Å². The van der Waals surface area contributed by atoms with E-state index in [0.717, 1.165) is 5.65 Å². The molecule has 1 unspecified atom stereocenters. The van der Waals surface area contributed by atoms with Crippen molar-refractivity contribution in [2.45, 2.75) is 6.04 Å². The molecule has 0 aliphatic carbocycles. The molecule has 0 radical (unpaired) electrons. The highest BCUT2D eigenvalue weighted by molar-refractivity contribution is 5.43. The van der Waals surface area contributed by atoms with Gasteiger partial charge in [-0.25, -0.2) is 4.52 Å². The largest absolute Gasteiger partial charge is 0.394 e. The van der Waals surface area contributed by atoms with Gasteiger partial charge in [-0.1, -0.05) is 6.07 Å². The quantitative estimate of drug-likeness (QED) is 0.753. The molecule has 2 aromatic rings. The van der Waals surface area contributed by atoms with Gasteiger partial charge in [-0.2, -0.15) is 4.98 Å². The lowest BCUT2D eigenvalue weighted by Gasteiger charge is -2.12. The minimum atomic E-state index is -0.192. The Kier molecular flexibility index (Phi) is 3.33. The van der Waals surface area contributed by atoms with Crippen LogP contribution in [0.5, 0.6) is 0 Å². The van der Waals surface area contributed by atoms with Gasteiger partial charge in [0.2, 0.25) is 5.95 Å². The van der Waals surface area contributed by atoms with E-state index < -0.39 is 0 Å². The van der Waals surface area contributed by atoms with E-state index in [-0.39, 0.29) is 12.6 Å². The number of aliphatic hydroxyl groups excluding tert-OH is 1. The Balaban J connectivity index is 2.14. The van der Waals surface area contributed by atoms with Crippen LogP contribution in [0.15, 0.2) is 24.4 Å². The summed E-state index contributed by atoms with van der Waals surface area (Å²) in [4.78, 5) is 4.26. The highest BCUT2D eigenvalue weighted by Crippen LogP contribution is 2.05. The summed E-state index contributed by atoms with van der Waals surface area (Å²) in [5.74, 6) is 0.488. The van der Waals surface area contributed by atoms with Crippen LogP contribution in [-0.2, 0) is 4.74 Å². The molecule has 0 saturated carbocycles. The fraction of sp³-hybridized carbons (Fsp3) is 0.400. The fourth-order valence-electron chi connectivity index (χ4n) is 1.42. The zero-order valence-corrected chi connectivity index (χ0v) is 9.00. The number of fused-ring (bicyclic) bond motifs is 1. The second-order valence-corrected chi connectivity index (χ2v) is 3.42. The normalized spacial score (nSPS) is 12.9. The molecule has 86 valence electrons. The topological polar surface area (TPSA) is 71.7 Å². The molecule has 0 aliphatic rings. The second kappa shape index (κ2) is 4.91. The number of rotatable bonds is 5. The average molecular weight is 222 g/mol.